The first-order valence-corrected chi connectivity index (χ1v) is 8.40. The fourth-order valence-corrected chi connectivity index (χ4v) is 2.46. The first-order valence-electron chi connectivity index (χ1n) is 8.02. The molecule has 0 fully saturated rings. The van der Waals surface area contributed by atoms with E-state index in [1.807, 2.05) is 29.9 Å². The molecule has 0 aliphatic heterocycles. The second-order valence-electron chi connectivity index (χ2n) is 6.27. The van der Waals surface area contributed by atoms with Crippen LogP contribution in [0.5, 0.6) is 5.75 Å². The number of aromatic nitrogens is 3. The molecule has 0 aliphatic carbocycles. The highest BCUT2D eigenvalue weighted by Gasteiger charge is 2.30. The van der Waals surface area contributed by atoms with Gasteiger partial charge < -0.3 is 19.1 Å². The van der Waals surface area contributed by atoms with E-state index in [9.17, 15) is 4.79 Å². The molecular formula is C18H19ClN4O3. The summed E-state index contributed by atoms with van der Waals surface area (Å²) in [7, 11) is 1.89. The lowest BCUT2D eigenvalue weighted by atomic mass is 10.1. The largest absolute Gasteiger partial charge is 0.478 e. The van der Waals surface area contributed by atoms with Crippen molar-refractivity contribution in [3.63, 3.8) is 0 Å². The average Bonchev–Trinajstić information content (AvgIpc) is 3.23. The van der Waals surface area contributed by atoms with Crippen molar-refractivity contribution in [2.75, 3.05) is 0 Å². The number of halogens is 1. The lowest BCUT2D eigenvalue weighted by Crippen LogP contribution is -2.46. The number of benzene rings is 1. The van der Waals surface area contributed by atoms with Crippen LogP contribution < -0.4 is 10.1 Å². The van der Waals surface area contributed by atoms with E-state index >= 15 is 0 Å². The highest BCUT2D eigenvalue weighted by molar-refractivity contribution is 6.30. The molecule has 2 heterocycles. The lowest BCUT2D eigenvalue weighted by Gasteiger charge is -2.25. The Labute approximate surface area is 155 Å². The fourth-order valence-electron chi connectivity index (χ4n) is 2.34. The van der Waals surface area contributed by atoms with Crippen LogP contribution >= 0.6 is 11.6 Å². The van der Waals surface area contributed by atoms with Crippen LogP contribution in [0.1, 0.15) is 19.7 Å². The van der Waals surface area contributed by atoms with E-state index in [1.165, 1.54) is 0 Å². The number of ether oxygens (including phenoxy) is 1. The van der Waals surface area contributed by atoms with Crippen molar-refractivity contribution in [3.05, 3.63) is 53.5 Å². The second kappa shape index (κ2) is 7.21. The van der Waals surface area contributed by atoms with Crippen molar-refractivity contribution >= 4 is 17.5 Å². The molecule has 1 aromatic carbocycles. The van der Waals surface area contributed by atoms with Gasteiger partial charge in [-0.1, -0.05) is 16.8 Å². The predicted molar refractivity (Wildman–Crippen MR) is 96.7 cm³/mol. The second-order valence-corrected chi connectivity index (χ2v) is 6.70. The molecule has 2 aromatic heterocycles. The van der Waals surface area contributed by atoms with Gasteiger partial charge in [0.2, 0.25) is 11.7 Å². The maximum Gasteiger partial charge on any atom is 0.264 e. The van der Waals surface area contributed by atoms with Gasteiger partial charge in [0, 0.05) is 18.3 Å². The van der Waals surface area contributed by atoms with Gasteiger partial charge in [-0.3, -0.25) is 4.79 Å². The molecule has 3 rings (SSSR count). The van der Waals surface area contributed by atoms with Crippen LogP contribution in [0, 0.1) is 0 Å². The molecule has 3 aromatic rings. The third-order valence-corrected chi connectivity index (χ3v) is 4.03. The Balaban J connectivity index is 1.60. The van der Waals surface area contributed by atoms with Crippen LogP contribution in [0.3, 0.4) is 0 Å². The molecule has 1 amide bonds. The summed E-state index contributed by atoms with van der Waals surface area (Å²) in [6.07, 6.45) is 1.89. The van der Waals surface area contributed by atoms with E-state index < -0.39 is 5.60 Å². The molecule has 8 heteroatoms. The Morgan fingerprint density at radius 3 is 2.69 bits per heavy atom. The van der Waals surface area contributed by atoms with Crippen LogP contribution in [0.25, 0.3) is 11.5 Å². The zero-order valence-electron chi connectivity index (χ0n) is 14.7. The summed E-state index contributed by atoms with van der Waals surface area (Å²) >= 11 is 5.85. The van der Waals surface area contributed by atoms with E-state index in [2.05, 4.69) is 15.5 Å². The van der Waals surface area contributed by atoms with Gasteiger partial charge in [0.25, 0.3) is 5.91 Å². The molecule has 0 unspecified atom stereocenters. The number of hydrogen-bond acceptors (Lipinski definition) is 5. The van der Waals surface area contributed by atoms with Crippen LogP contribution in [0.15, 0.2) is 47.1 Å². The van der Waals surface area contributed by atoms with Gasteiger partial charge >= 0.3 is 0 Å². The molecule has 1 N–H and O–H groups in total. The third-order valence-electron chi connectivity index (χ3n) is 3.77. The Bertz CT molecular complexity index is 899. The molecule has 0 aliphatic rings. The molecule has 0 bridgehead atoms. The summed E-state index contributed by atoms with van der Waals surface area (Å²) < 4.78 is 12.8. The monoisotopic (exact) mass is 374 g/mol. The molecular weight excluding hydrogens is 356 g/mol. The molecule has 0 saturated heterocycles. The zero-order valence-corrected chi connectivity index (χ0v) is 15.4. The number of rotatable bonds is 6. The van der Waals surface area contributed by atoms with E-state index in [-0.39, 0.29) is 12.5 Å². The first kappa shape index (κ1) is 18.0. The molecule has 0 radical (unpaired) electrons. The lowest BCUT2D eigenvalue weighted by molar-refractivity contribution is -0.134. The van der Waals surface area contributed by atoms with E-state index in [4.69, 9.17) is 20.9 Å². The Morgan fingerprint density at radius 2 is 2.04 bits per heavy atom. The normalized spacial score (nSPS) is 11.4. The maximum atomic E-state index is 12.4. The summed E-state index contributed by atoms with van der Waals surface area (Å²) in [5, 5.41) is 7.29. The minimum atomic E-state index is -1.07. The third kappa shape index (κ3) is 4.05. The van der Waals surface area contributed by atoms with Crippen LogP contribution in [0.4, 0.5) is 0 Å². The number of nitrogens with zero attached hydrogens (tertiary/aromatic N) is 3. The molecule has 0 saturated carbocycles. The first-order chi connectivity index (χ1) is 12.3. The molecule has 7 nitrogen and oxygen atoms in total. The minimum absolute atomic E-state index is 0.115. The Hall–Kier alpha value is -2.80. The number of carbonyl (C=O) groups is 1. The van der Waals surface area contributed by atoms with Gasteiger partial charge in [0.15, 0.2) is 5.60 Å². The summed E-state index contributed by atoms with van der Waals surface area (Å²) in [5.74, 6) is 1.04. The van der Waals surface area contributed by atoms with Gasteiger partial charge in [-0.25, -0.2) is 0 Å². The van der Waals surface area contributed by atoms with Gasteiger partial charge in [-0.05, 0) is 50.2 Å². The average molecular weight is 375 g/mol. The molecule has 136 valence electrons. The van der Waals surface area contributed by atoms with Crippen molar-refractivity contribution in [2.24, 2.45) is 7.05 Å². The van der Waals surface area contributed by atoms with Gasteiger partial charge in [-0.15, -0.1) is 0 Å². The predicted octanol–water partition coefficient (Wildman–Crippen LogP) is 3.20. The van der Waals surface area contributed by atoms with Gasteiger partial charge in [-0.2, -0.15) is 4.98 Å². The minimum Gasteiger partial charge on any atom is -0.478 e. The van der Waals surface area contributed by atoms with Crippen molar-refractivity contribution in [2.45, 2.75) is 26.0 Å². The molecule has 26 heavy (non-hydrogen) atoms. The quantitative estimate of drug-likeness (QED) is 0.716. The fraction of sp³-hybridized carbons (Fsp3) is 0.278. The van der Waals surface area contributed by atoms with E-state index in [0.717, 1.165) is 5.69 Å². The smallest absolute Gasteiger partial charge is 0.264 e. The Kier molecular flexibility index (Phi) is 4.99. The summed E-state index contributed by atoms with van der Waals surface area (Å²) in [6, 6.07) is 10.6. The number of hydrogen-bond donors (Lipinski definition) is 1. The number of carbonyl (C=O) groups excluding carboxylic acids is 1. The number of amides is 1. The SMILES string of the molecule is Cn1cccc1-c1noc(CNC(=O)C(C)(C)Oc2ccc(Cl)cc2)n1. The van der Waals surface area contributed by atoms with E-state index in [1.54, 1.807) is 38.1 Å². The summed E-state index contributed by atoms with van der Waals surface area (Å²) in [6.45, 7) is 3.48. The Morgan fingerprint density at radius 1 is 1.31 bits per heavy atom. The van der Waals surface area contributed by atoms with Crippen LogP contribution in [-0.2, 0) is 18.4 Å². The van der Waals surface area contributed by atoms with Crippen LogP contribution in [0.2, 0.25) is 5.02 Å². The van der Waals surface area contributed by atoms with Gasteiger partial charge in [0.1, 0.15) is 5.75 Å². The molecule has 0 atom stereocenters. The van der Waals surface area contributed by atoms with Crippen molar-refractivity contribution < 1.29 is 14.1 Å². The van der Waals surface area contributed by atoms with E-state index in [0.29, 0.717) is 22.5 Å². The van der Waals surface area contributed by atoms with Gasteiger partial charge in [0.05, 0.1) is 12.2 Å². The summed E-state index contributed by atoms with van der Waals surface area (Å²) in [5.41, 5.74) is -0.243. The van der Waals surface area contributed by atoms with Crippen LogP contribution in [-0.4, -0.2) is 26.2 Å². The summed E-state index contributed by atoms with van der Waals surface area (Å²) in [4.78, 5) is 16.7. The number of nitrogens with one attached hydrogen (secondary N) is 1. The maximum absolute atomic E-state index is 12.4. The van der Waals surface area contributed by atoms with Crippen molar-refractivity contribution in [1.82, 2.24) is 20.0 Å². The topological polar surface area (TPSA) is 82.2 Å². The highest BCUT2D eigenvalue weighted by atomic mass is 35.5. The highest BCUT2D eigenvalue weighted by Crippen LogP contribution is 2.21. The standard InChI is InChI=1S/C18H19ClN4O3/c1-18(2,25-13-8-6-12(19)7-9-13)17(24)20-11-15-21-16(22-26-15)14-5-4-10-23(14)3/h4-10H,11H2,1-3H3,(H,20,24). The number of aryl methyl sites for hydroxylation is 1. The molecule has 0 spiro atoms. The van der Waals surface area contributed by atoms with Crippen molar-refractivity contribution in [3.8, 4) is 17.3 Å². The zero-order chi connectivity index (χ0) is 18.7. The van der Waals surface area contributed by atoms with Crippen molar-refractivity contribution in [1.29, 1.82) is 0 Å².